The number of anilines is 2. The van der Waals surface area contributed by atoms with E-state index in [1.807, 2.05) is 18.9 Å². The van der Waals surface area contributed by atoms with Gasteiger partial charge in [0, 0.05) is 23.8 Å². The molecule has 106 valence electrons. The van der Waals surface area contributed by atoms with Crippen molar-refractivity contribution >= 4 is 17.3 Å². The molecule has 0 aromatic heterocycles. The SMILES string of the molecule is CC(CO)N(C)CCCC(=O)Nc1ccc(N)cc1. The van der Waals surface area contributed by atoms with Crippen molar-refractivity contribution in [3.05, 3.63) is 24.3 Å². The van der Waals surface area contributed by atoms with Gasteiger partial charge in [0.15, 0.2) is 0 Å². The van der Waals surface area contributed by atoms with Gasteiger partial charge in [0.1, 0.15) is 0 Å². The topological polar surface area (TPSA) is 78.6 Å². The maximum atomic E-state index is 11.7. The predicted molar refractivity (Wildman–Crippen MR) is 77.9 cm³/mol. The third-order valence-electron chi connectivity index (χ3n) is 3.13. The summed E-state index contributed by atoms with van der Waals surface area (Å²) >= 11 is 0. The van der Waals surface area contributed by atoms with E-state index in [0.717, 1.165) is 18.7 Å². The number of aliphatic hydroxyl groups excluding tert-OH is 1. The molecule has 0 aliphatic rings. The van der Waals surface area contributed by atoms with Crippen LogP contribution in [0.25, 0.3) is 0 Å². The van der Waals surface area contributed by atoms with Gasteiger partial charge in [-0.15, -0.1) is 0 Å². The number of nitrogens with one attached hydrogen (secondary N) is 1. The molecule has 1 unspecified atom stereocenters. The van der Waals surface area contributed by atoms with Gasteiger partial charge in [0.05, 0.1) is 6.61 Å². The highest BCUT2D eigenvalue weighted by Crippen LogP contribution is 2.11. The van der Waals surface area contributed by atoms with Gasteiger partial charge in [-0.1, -0.05) is 0 Å². The van der Waals surface area contributed by atoms with E-state index in [4.69, 9.17) is 10.8 Å². The number of amides is 1. The van der Waals surface area contributed by atoms with E-state index in [2.05, 4.69) is 5.32 Å². The second kappa shape index (κ2) is 7.76. The number of likely N-dealkylation sites (N-methyl/N-ethyl adjacent to an activating group) is 1. The summed E-state index contributed by atoms with van der Waals surface area (Å²) in [7, 11) is 1.94. The van der Waals surface area contributed by atoms with Crippen molar-refractivity contribution in [2.24, 2.45) is 0 Å². The summed E-state index contributed by atoms with van der Waals surface area (Å²) in [6.07, 6.45) is 1.23. The van der Waals surface area contributed by atoms with Crippen molar-refractivity contribution in [1.29, 1.82) is 0 Å². The molecule has 1 amide bonds. The van der Waals surface area contributed by atoms with Gasteiger partial charge in [0.2, 0.25) is 5.91 Å². The molecule has 0 saturated heterocycles. The molecule has 0 radical (unpaired) electrons. The van der Waals surface area contributed by atoms with E-state index in [0.29, 0.717) is 12.1 Å². The van der Waals surface area contributed by atoms with Crippen molar-refractivity contribution in [2.75, 3.05) is 31.2 Å². The van der Waals surface area contributed by atoms with Gasteiger partial charge in [-0.3, -0.25) is 4.79 Å². The zero-order valence-electron chi connectivity index (χ0n) is 11.6. The highest BCUT2D eigenvalue weighted by atomic mass is 16.3. The number of carbonyl (C=O) groups is 1. The minimum absolute atomic E-state index is 0.00479. The molecular weight excluding hydrogens is 242 g/mol. The van der Waals surface area contributed by atoms with Crippen molar-refractivity contribution in [1.82, 2.24) is 4.90 Å². The summed E-state index contributed by atoms with van der Waals surface area (Å²) in [6, 6.07) is 7.21. The fraction of sp³-hybridized carbons (Fsp3) is 0.500. The predicted octanol–water partition coefficient (Wildman–Crippen LogP) is 1.30. The maximum absolute atomic E-state index is 11.7. The summed E-state index contributed by atoms with van der Waals surface area (Å²) in [5.41, 5.74) is 7.01. The van der Waals surface area contributed by atoms with Crippen LogP contribution in [0.2, 0.25) is 0 Å². The number of nitrogen functional groups attached to an aromatic ring is 1. The molecule has 19 heavy (non-hydrogen) atoms. The molecule has 0 fully saturated rings. The van der Waals surface area contributed by atoms with Crippen LogP contribution in [0.15, 0.2) is 24.3 Å². The van der Waals surface area contributed by atoms with Gasteiger partial charge >= 0.3 is 0 Å². The first-order chi connectivity index (χ1) is 9.02. The lowest BCUT2D eigenvalue weighted by molar-refractivity contribution is -0.116. The number of rotatable bonds is 7. The van der Waals surface area contributed by atoms with Crippen LogP contribution in [0.4, 0.5) is 11.4 Å². The quantitative estimate of drug-likeness (QED) is 0.649. The molecule has 0 saturated carbocycles. The lowest BCUT2D eigenvalue weighted by Crippen LogP contribution is -2.33. The molecule has 5 nitrogen and oxygen atoms in total. The summed E-state index contributed by atoms with van der Waals surface area (Å²) in [4.78, 5) is 13.7. The number of nitrogens with two attached hydrogens (primary N) is 1. The Morgan fingerprint density at radius 1 is 1.42 bits per heavy atom. The van der Waals surface area contributed by atoms with Crippen LogP contribution in [0, 0.1) is 0 Å². The monoisotopic (exact) mass is 265 g/mol. The van der Waals surface area contributed by atoms with Gasteiger partial charge in [-0.25, -0.2) is 0 Å². The van der Waals surface area contributed by atoms with E-state index in [1.165, 1.54) is 0 Å². The molecule has 1 rings (SSSR count). The molecule has 4 N–H and O–H groups in total. The summed E-state index contributed by atoms with van der Waals surface area (Å²) in [6.45, 7) is 2.87. The fourth-order valence-electron chi connectivity index (χ4n) is 1.64. The molecule has 0 spiro atoms. The first-order valence-corrected chi connectivity index (χ1v) is 6.49. The van der Waals surface area contributed by atoms with Gasteiger partial charge in [0.25, 0.3) is 0 Å². The van der Waals surface area contributed by atoms with Crippen molar-refractivity contribution in [3.8, 4) is 0 Å². The maximum Gasteiger partial charge on any atom is 0.224 e. The minimum atomic E-state index is -0.00479. The molecule has 0 bridgehead atoms. The van der Waals surface area contributed by atoms with E-state index >= 15 is 0 Å². The zero-order valence-corrected chi connectivity index (χ0v) is 11.6. The van der Waals surface area contributed by atoms with Gasteiger partial charge in [-0.2, -0.15) is 0 Å². The number of hydrogen-bond donors (Lipinski definition) is 3. The Balaban J connectivity index is 2.26. The van der Waals surface area contributed by atoms with Crippen LogP contribution in [-0.4, -0.2) is 42.2 Å². The number of carbonyl (C=O) groups excluding carboxylic acids is 1. The Labute approximate surface area is 114 Å². The molecule has 0 aliphatic heterocycles. The summed E-state index contributed by atoms with van der Waals surface area (Å²) < 4.78 is 0. The van der Waals surface area contributed by atoms with E-state index in [1.54, 1.807) is 24.3 Å². The van der Waals surface area contributed by atoms with Crippen LogP contribution in [0.5, 0.6) is 0 Å². The Hall–Kier alpha value is -1.59. The number of hydrogen-bond acceptors (Lipinski definition) is 4. The van der Waals surface area contributed by atoms with Gasteiger partial charge in [-0.05, 0) is 51.2 Å². The van der Waals surface area contributed by atoms with Crippen LogP contribution >= 0.6 is 0 Å². The Kier molecular flexibility index (Phi) is 6.32. The molecule has 1 atom stereocenters. The first kappa shape index (κ1) is 15.5. The third-order valence-corrected chi connectivity index (χ3v) is 3.13. The van der Waals surface area contributed by atoms with Crippen LogP contribution in [-0.2, 0) is 4.79 Å². The Bertz CT molecular complexity index is 392. The molecular formula is C14H23N3O2. The minimum Gasteiger partial charge on any atom is -0.399 e. The third kappa shape index (κ3) is 5.72. The second-order valence-electron chi connectivity index (χ2n) is 4.79. The van der Waals surface area contributed by atoms with E-state index in [9.17, 15) is 4.79 Å². The summed E-state index contributed by atoms with van der Waals surface area (Å²) in [5.74, 6) is -0.00479. The summed E-state index contributed by atoms with van der Waals surface area (Å²) in [5, 5.41) is 11.8. The van der Waals surface area contributed by atoms with Crippen molar-refractivity contribution < 1.29 is 9.90 Å². The van der Waals surface area contributed by atoms with Crippen LogP contribution in [0.1, 0.15) is 19.8 Å². The Morgan fingerprint density at radius 3 is 2.63 bits per heavy atom. The van der Waals surface area contributed by atoms with Crippen LogP contribution in [0.3, 0.4) is 0 Å². The smallest absolute Gasteiger partial charge is 0.224 e. The second-order valence-corrected chi connectivity index (χ2v) is 4.79. The van der Waals surface area contributed by atoms with Crippen molar-refractivity contribution in [2.45, 2.75) is 25.8 Å². The lowest BCUT2D eigenvalue weighted by Gasteiger charge is -2.22. The number of aliphatic hydroxyl groups is 1. The van der Waals surface area contributed by atoms with Crippen molar-refractivity contribution in [3.63, 3.8) is 0 Å². The number of nitrogens with zero attached hydrogens (tertiary/aromatic N) is 1. The molecule has 0 aliphatic carbocycles. The first-order valence-electron chi connectivity index (χ1n) is 6.49. The average Bonchev–Trinajstić information content (AvgIpc) is 2.40. The fourth-order valence-corrected chi connectivity index (χ4v) is 1.64. The highest BCUT2D eigenvalue weighted by Gasteiger charge is 2.08. The highest BCUT2D eigenvalue weighted by molar-refractivity contribution is 5.90. The van der Waals surface area contributed by atoms with Crippen LogP contribution < -0.4 is 11.1 Å². The molecule has 1 aromatic carbocycles. The molecule has 5 heteroatoms. The molecule has 1 aromatic rings. The average molecular weight is 265 g/mol. The number of benzene rings is 1. The zero-order chi connectivity index (χ0) is 14.3. The van der Waals surface area contributed by atoms with E-state index in [-0.39, 0.29) is 18.6 Å². The normalized spacial score (nSPS) is 12.4. The Morgan fingerprint density at radius 2 is 2.05 bits per heavy atom. The van der Waals surface area contributed by atoms with Gasteiger partial charge < -0.3 is 21.1 Å². The van der Waals surface area contributed by atoms with E-state index < -0.39 is 0 Å². The standard InChI is InChI=1S/C14H23N3O2/c1-11(10-18)17(2)9-3-4-14(19)16-13-7-5-12(15)6-8-13/h5-8,11,18H,3-4,9-10,15H2,1-2H3,(H,16,19). The molecule has 0 heterocycles. The lowest BCUT2D eigenvalue weighted by atomic mass is 10.2. The largest absolute Gasteiger partial charge is 0.399 e.